The number of ether oxygens (including phenoxy) is 2. The van der Waals surface area contributed by atoms with Crippen molar-refractivity contribution in [2.24, 2.45) is 0 Å². The zero-order chi connectivity index (χ0) is 19.3. The molecule has 28 heavy (non-hydrogen) atoms. The van der Waals surface area contributed by atoms with Crippen molar-refractivity contribution in [3.63, 3.8) is 0 Å². The lowest BCUT2D eigenvalue weighted by Crippen LogP contribution is -2.46. The molecule has 1 spiro atoms. The monoisotopic (exact) mass is 399 g/mol. The molecule has 2 N–H and O–H groups in total. The van der Waals surface area contributed by atoms with Crippen molar-refractivity contribution in [3.05, 3.63) is 40.1 Å². The van der Waals surface area contributed by atoms with E-state index in [2.05, 4.69) is 10.6 Å². The molecule has 2 aromatic rings. The molecule has 8 nitrogen and oxygen atoms in total. The minimum absolute atomic E-state index is 0.141. The molecule has 1 aliphatic carbocycles. The average Bonchev–Trinajstić information content (AvgIpc) is 3.38. The van der Waals surface area contributed by atoms with Gasteiger partial charge in [0.25, 0.3) is 5.91 Å². The lowest BCUT2D eigenvalue weighted by molar-refractivity contribution is -0.134. The molecule has 0 bridgehead atoms. The van der Waals surface area contributed by atoms with Crippen molar-refractivity contribution in [1.29, 1.82) is 0 Å². The number of amides is 4. The second-order valence-electron chi connectivity index (χ2n) is 6.95. The minimum Gasteiger partial charge on any atom is -0.454 e. The van der Waals surface area contributed by atoms with E-state index in [0.29, 0.717) is 23.6 Å². The fourth-order valence-electron chi connectivity index (χ4n) is 4.00. The van der Waals surface area contributed by atoms with Gasteiger partial charge in [0.05, 0.1) is 0 Å². The maximum atomic E-state index is 13.1. The molecule has 1 atom stereocenters. The van der Waals surface area contributed by atoms with Crippen LogP contribution in [0.15, 0.2) is 29.6 Å². The van der Waals surface area contributed by atoms with Crippen molar-refractivity contribution >= 4 is 34.9 Å². The van der Waals surface area contributed by atoms with E-state index in [4.69, 9.17) is 9.47 Å². The Labute approximate surface area is 164 Å². The number of carbonyl (C=O) groups excluding carboxylic acids is 3. The molecule has 4 amide bonds. The van der Waals surface area contributed by atoms with E-state index in [1.54, 1.807) is 29.5 Å². The predicted molar refractivity (Wildman–Crippen MR) is 100 cm³/mol. The van der Waals surface area contributed by atoms with Crippen LogP contribution in [0.4, 0.5) is 10.5 Å². The summed E-state index contributed by atoms with van der Waals surface area (Å²) in [4.78, 5) is 40.2. The molecule has 5 rings (SSSR count). The Bertz CT molecular complexity index is 1000. The standard InChI is InChI=1S/C19H17N3O5S/c23-16(20-11-3-4-13-14(8-11)27-10-26-13)9-22-17(24)19(21-18(22)25)6-1-2-15-12(19)5-7-28-15/h3-5,7-8H,1-2,6,9-10H2,(H,20,23)(H,21,25)/t19-/m1/s1. The Morgan fingerprint density at radius 2 is 2.11 bits per heavy atom. The number of nitrogens with zero attached hydrogens (tertiary/aromatic N) is 1. The second kappa shape index (κ2) is 6.23. The highest BCUT2D eigenvalue weighted by Gasteiger charge is 2.54. The molecular weight excluding hydrogens is 382 g/mol. The number of rotatable bonds is 3. The van der Waals surface area contributed by atoms with Gasteiger partial charge in [0.15, 0.2) is 11.5 Å². The van der Waals surface area contributed by atoms with Crippen LogP contribution in [0, 0.1) is 0 Å². The van der Waals surface area contributed by atoms with Crippen LogP contribution in [0.1, 0.15) is 23.3 Å². The lowest BCUT2D eigenvalue weighted by atomic mass is 9.80. The summed E-state index contributed by atoms with van der Waals surface area (Å²) in [6, 6.07) is 6.38. The Morgan fingerprint density at radius 3 is 3.00 bits per heavy atom. The summed E-state index contributed by atoms with van der Waals surface area (Å²) in [6.07, 6.45) is 2.26. The maximum Gasteiger partial charge on any atom is 0.325 e. The van der Waals surface area contributed by atoms with Crippen molar-refractivity contribution in [3.8, 4) is 11.5 Å². The normalized spacial score (nSPS) is 22.4. The fourth-order valence-corrected chi connectivity index (χ4v) is 5.00. The molecule has 9 heteroatoms. The Kier molecular flexibility index (Phi) is 3.80. The molecule has 1 aromatic carbocycles. The number of imide groups is 1. The van der Waals surface area contributed by atoms with Gasteiger partial charge in [-0.1, -0.05) is 0 Å². The first-order valence-electron chi connectivity index (χ1n) is 8.97. The van der Waals surface area contributed by atoms with Crippen molar-refractivity contribution < 1.29 is 23.9 Å². The van der Waals surface area contributed by atoms with E-state index in [0.717, 1.165) is 28.2 Å². The third-order valence-corrected chi connectivity index (χ3v) is 6.28. The van der Waals surface area contributed by atoms with Gasteiger partial charge in [-0.3, -0.25) is 14.5 Å². The number of urea groups is 1. The number of anilines is 1. The first-order valence-corrected chi connectivity index (χ1v) is 9.85. The van der Waals surface area contributed by atoms with Gasteiger partial charge in [-0.15, -0.1) is 11.3 Å². The molecule has 2 aliphatic heterocycles. The fraction of sp³-hybridized carbons (Fsp3) is 0.316. The molecule has 3 heterocycles. The topological polar surface area (TPSA) is 97.0 Å². The van der Waals surface area contributed by atoms with E-state index in [-0.39, 0.29) is 19.2 Å². The zero-order valence-electron chi connectivity index (χ0n) is 14.8. The smallest absolute Gasteiger partial charge is 0.325 e. The lowest BCUT2D eigenvalue weighted by Gasteiger charge is -2.31. The quantitative estimate of drug-likeness (QED) is 0.772. The minimum atomic E-state index is -1.04. The Morgan fingerprint density at radius 1 is 1.25 bits per heavy atom. The van der Waals surface area contributed by atoms with Crippen LogP contribution in [0.25, 0.3) is 0 Å². The summed E-state index contributed by atoms with van der Waals surface area (Å²) in [5, 5.41) is 7.48. The summed E-state index contributed by atoms with van der Waals surface area (Å²) >= 11 is 1.59. The van der Waals surface area contributed by atoms with Crippen molar-refractivity contribution in [2.75, 3.05) is 18.7 Å². The molecule has 3 aliphatic rings. The van der Waals surface area contributed by atoms with Gasteiger partial charge in [-0.05, 0) is 42.8 Å². The molecule has 1 fully saturated rings. The second-order valence-corrected chi connectivity index (χ2v) is 7.95. The highest BCUT2D eigenvalue weighted by molar-refractivity contribution is 7.10. The number of benzene rings is 1. The number of hydrogen-bond acceptors (Lipinski definition) is 6. The van der Waals surface area contributed by atoms with Gasteiger partial charge in [-0.25, -0.2) is 4.79 Å². The Balaban J connectivity index is 1.33. The summed E-state index contributed by atoms with van der Waals surface area (Å²) in [6.45, 7) is -0.206. The number of thiophene rings is 1. The summed E-state index contributed by atoms with van der Waals surface area (Å²) in [5.74, 6) is 0.329. The van der Waals surface area contributed by atoms with Gasteiger partial charge >= 0.3 is 6.03 Å². The highest BCUT2D eigenvalue weighted by atomic mass is 32.1. The van der Waals surface area contributed by atoms with Crippen LogP contribution in [0.2, 0.25) is 0 Å². The van der Waals surface area contributed by atoms with Gasteiger partial charge in [0.2, 0.25) is 12.7 Å². The van der Waals surface area contributed by atoms with Gasteiger partial charge in [0, 0.05) is 22.2 Å². The number of carbonyl (C=O) groups is 3. The average molecular weight is 399 g/mol. The van der Waals surface area contributed by atoms with E-state index in [1.807, 2.05) is 11.4 Å². The third-order valence-electron chi connectivity index (χ3n) is 5.29. The summed E-state index contributed by atoms with van der Waals surface area (Å²) < 4.78 is 10.5. The predicted octanol–water partition coefficient (Wildman–Crippen LogP) is 2.20. The van der Waals surface area contributed by atoms with Crippen LogP contribution >= 0.6 is 11.3 Å². The molecule has 144 valence electrons. The zero-order valence-corrected chi connectivity index (χ0v) is 15.6. The molecule has 0 saturated carbocycles. The van der Waals surface area contributed by atoms with Crippen LogP contribution < -0.4 is 20.1 Å². The van der Waals surface area contributed by atoms with E-state index < -0.39 is 17.5 Å². The number of aryl methyl sites for hydroxylation is 1. The van der Waals surface area contributed by atoms with E-state index in [9.17, 15) is 14.4 Å². The first-order chi connectivity index (χ1) is 13.6. The van der Waals surface area contributed by atoms with Gasteiger partial charge < -0.3 is 20.1 Å². The van der Waals surface area contributed by atoms with Crippen LogP contribution in [0.3, 0.4) is 0 Å². The molecule has 0 unspecified atom stereocenters. The highest BCUT2D eigenvalue weighted by Crippen LogP contribution is 2.42. The number of fused-ring (bicyclic) bond motifs is 3. The van der Waals surface area contributed by atoms with Crippen LogP contribution in [-0.2, 0) is 21.5 Å². The molecule has 1 saturated heterocycles. The Hall–Kier alpha value is -3.07. The van der Waals surface area contributed by atoms with Gasteiger partial charge in [-0.2, -0.15) is 0 Å². The van der Waals surface area contributed by atoms with Crippen LogP contribution in [-0.4, -0.2) is 36.1 Å². The molecule has 1 aromatic heterocycles. The van der Waals surface area contributed by atoms with Gasteiger partial charge in [0.1, 0.15) is 12.1 Å². The summed E-state index contributed by atoms with van der Waals surface area (Å²) in [7, 11) is 0. The van der Waals surface area contributed by atoms with E-state index >= 15 is 0 Å². The SMILES string of the molecule is O=C(CN1C(=O)N[C@@]2(CCCc3sccc32)C1=O)Nc1ccc2c(c1)OCO2. The van der Waals surface area contributed by atoms with E-state index in [1.165, 1.54) is 0 Å². The largest absolute Gasteiger partial charge is 0.454 e. The van der Waals surface area contributed by atoms with Crippen molar-refractivity contribution in [1.82, 2.24) is 10.2 Å². The van der Waals surface area contributed by atoms with Crippen LogP contribution in [0.5, 0.6) is 11.5 Å². The molecular formula is C19H17N3O5S. The van der Waals surface area contributed by atoms with Crippen molar-refractivity contribution in [2.45, 2.75) is 24.8 Å². The maximum absolute atomic E-state index is 13.1. The number of hydrogen-bond donors (Lipinski definition) is 2. The summed E-state index contributed by atoms with van der Waals surface area (Å²) in [5.41, 5.74) is 0.332. The molecule has 0 radical (unpaired) electrons. The first kappa shape index (κ1) is 17.1. The number of nitrogens with one attached hydrogen (secondary N) is 2. The third kappa shape index (κ3) is 2.54.